The molecule has 0 atom stereocenters. The summed E-state index contributed by atoms with van der Waals surface area (Å²) in [6.07, 6.45) is 8.05. The summed E-state index contributed by atoms with van der Waals surface area (Å²) in [6, 6.07) is 0. The smallest absolute Gasteiger partial charge is 0.0206 e. The monoisotopic (exact) mass is 124 g/mol. The first kappa shape index (κ1) is 6.85. The van der Waals surface area contributed by atoms with Crippen molar-refractivity contribution < 1.29 is 0 Å². The predicted octanol–water partition coefficient (Wildman–Crippen LogP) is 3.14. The summed E-state index contributed by atoms with van der Waals surface area (Å²) < 4.78 is 0. The first-order valence-electron chi connectivity index (χ1n) is 3.97. The van der Waals surface area contributed by atoms with Crippen molar-refractivity contribution in [3.8, 4) is 0 Å². The van der Waals surface area contributed by atoms with Gasteiger partial charge in [-0.05, 0) is 32.6 Å². The summed E-state index contributed by atoms with van der Waals surface area (Å²) in [7, 11) is 0. The summed E-state index contributed by atoms with van der Waals surface area (Å²) in [4.78, 5) is 0. The third-order valence-electron chi connectivity index (χ3n) is 2.45. The average Bonchev–Trinajstić information content (AvgIpc) is 2.37. The molecule has 0 spiro atoms. The molecule has 0 radical (unpaired) electrons. The quantitative estimate of drug-likeness (QED) is 0.471. The van der Waals surface area contributed by atoms with Gasteiger partial charge in [-0.3, -0.25) is 0 Å². The van der Waals surface area contributed by atoms with Gasteiger partial charge in [-0.25, -0.2) is 0 Å². The molecule has 0 N–H and O–H groups in total. The molecule has 1 rings (SSSR count). The third-order valence-corrected chi connectivity index (χ3v) is 2.45. The Morgan fingerprint density at radius 1 is 1.33 bits per heavy atom. The minimum atomic E-state index is 0.940. The van der Waals surface area contributed by atoms with Crippen molar-refractivity contribution in [3.05, 3.63) is 11.6 Å². The first-order chi connectivity index (χ1) is 4.34. The SMILES string of the molecule is C/C=C(/C)C1CCCC1. The summed E-state index contributed by atoms with van der Waals surface area (Å²) in [6.45, 7) is 4.41. The van der Waals surface area contributed by atoms with Crippen LogP contribution in [0.25, 0.3) is 0 Å². The van der Waals surface area contributed by atoms with Gasteiger partial charge in [0.05, 0.1) is 0 Å². The molecule has 0 saturated heterocycles. The fourth-order valence-electron chi connectivity index (χ4n) is 1.62. The zero-order valence-electron chi connectivity index (χ0n) is 6.48. The van der Waals surface area contributed by atoms with E-state index < -0.39 is 0 Å². The molecular formula is C9H16. The van der Waals surface area contributed by atoms with E-state index in [2.05, 4.69) is 19.9 Å². The second kappa shape index (κ2) is 3.05. The summed E-state index contributed by atoms with van der Waals surface area (Å²) >= 11 is 0. The largest absolute Gasteiger partial charge is 0.0885 e. The fourth-order valence-corrected chi connectivity index (χ4v) is 1.62. The van der Waals surface area contributed by atoms with E-state index in [-0.39, 0.29) is 0 Å². The van der Waals surface area contributed by atoms with Gasteiger partial charge in [0.1, 0.15) is 0 Å². The van der Waals surface area contributed by atoms with Gasteiger partial charge in [-0.1, -0.05) is 24.5 Å². The number of allylic oxidation sites excluding steroid dienone is 2. The first-order valence-corrected chi connectivity index (χ1v) is 3.97. The minimum absolute atomic E-state index is 0.940. The maximum absolute atomic E-state index is 2.26. The van der Waals surface area contributed by atoms with Gasteiger partial charge in [0.15, 0.2) is 0 Å². The van der Waals surface area contributed by atoms with E-state index in [0.717, 1.165) is 5.92 Å². The van der Waals surface area contributed by atoms with Gasteiger partial charge < -0.3 is 0 Å². The Morgan fingerprint density at radius 3 is 2.33 bits per heavy atom. The molecule has 1 aliphatic rings. The standard InChI is InChI=1S/C9H16/c1-3-8(2)9-6-4-5-7-9/h3,9H,4-7H2,1-2H3/b8-3-. The molecular weight excluding hydrogens is 108 g/mol. The van der Waals surface area contributed by atoms with Crippen LogP contribution < -0.4 is 0 Å². The normalized spacial score (nSPS) is 23.1. The van der Waals surface area contributed by atoms with Crippen molar-refractivity contribution in [2.45, 2.75) is 39.5 Å². The number of rotatable bonds is 1. The van der Waals surface area contributed by atoms with Gasteiger partial charge in [0.2, 0.25) is 0 Å². The van der Waals surface area contributed by atoms with E-state index in [0.29, 0.717) is 0 Å². The van der Waals surface area contributed by atoms with E-state index >= 15 is 0 Å². The molecule has 1 saturated carbocycles. The van der Waals surface area contributed by atoms with Crippen LogP contribution in [0.3, 0.4) is 0 Å². The maximum atomic E-state index is 2.26. The Hall–Kier alpha value is -0.260. The lowest BCUT2D eigenvalue weighted by atomic mass is 9.99. The van der Waals surface area contributed by atoms with Crippen LogP contribution in [0.15, 0.2) is 11.6 Å². The predicted molar refractivity (Wildman–Crippen MR) is 41.4 cm³/mol. The highest BCUT2D eigenvalue weighted by atomic mass is 14.2. The molecule has 52 valence electrons. The Morgan fingerprint density at radius 2 is 1.89 bits per heavy atom. The van der Waals surface area contributed by atoms with Crippen LogP contribution in [0.1, 0.15) is 39.5 Å². The molecule has 0 aliphatic heterocycles. The van der Waals surface area contributed by atoms with Crippen LogP contribution in [0.5, 0.6) is 0 Å². The molecule has 0 amide bonds. The molecule has 0 aromatic carbocycles. The lowest BCUT2D eigenvalue weighted by molar-refractivity contribution is 0.641. The van der Waals surface area contributed by atoms with Gasteiger partial charge >= 0.3 is 0 Å². The molecule has 1 aliphatic carbocycles. The molecule has 0 heterocycles. The highest BCUT2D eigenvalue weighted by Gasteiger charge is 2.14. The van der Waals surface area contributed by atoms with Gasteiger partial charge in [0.25, 0.3) is 0 Å². The molecule has 1 fully saturated rings. The van der Waals surface area contributed by atoms with Crippen LogP contribution in [0, 0.1) is 5.92 Å². The van der Waals surface area contributed by atoms with Crippen molar-refractivity contribution in [3.63, 3.8) is 0 Å². The highest BCUT2D eigenvalue weighted by molar-refractivity contribution is 5.03. The van der Waals surface area contributed by atoms with Crippen molar-refractivity contribution in [1.29, 1.82) is 0 Å². The van der Waals surface area contributed by atoms with E-state index in [1.807, 2.05) is 0 Å². The Labute approximate surface area is 58.0 Å². The van der Waals surface area contributed by atoms with E-state index in [4.69, 9.17) is 0 Å². The Bertz CT molecular complexity index is 105. The lowest BCUT2D eigenvalue weighted by Gasteiger charge is -2.07. The van der Waals surface area contributed by atoms with Crippen molar-refractivity contribution >= 4 is 0 Å². The van der Waals surface area contributed by atoms with Crippen LogP contribution in [-0.4, -0.2) is 0 Å². The van der Waals surface area contributed by atoms with Crippen LogP contribution in [0.2, 0.25) is 0 Å². The molecule has 0 aromatic heterocycles. The van der Waals surface area contributed by atoms with Gasteiger partial charge in [-0.15, -0.1) is 0 Å². The second-order valence-corrected chi connectivity index (χ2v) is 3.01. The van der Waals surface area contributed by atoms with Gasteiger partial charge in [0, 0.05) is 0 Å². The molecule has 0 unspecified atom stereocenters. The highest BCUT2D eigenvalue weighted by Crippen LogP contribution is 2.30. The lowest BCUT2D eigenvalue weighted by Crippen LogP contribution is -1.92. The van der Waals surface area contributed by atoms with E-state index in [9.17, 15) is 0 Å². The minimum Gasteiger partial charge on any atom is -0.0885 e. The van der Waals surface area contributed by atoms with Crippen molar-refractivity contribution in [2.24, 2.45) is 5.92 Å². The molecule has 0 aromatic rings. The third kappa shape index (κ3) is 1.57. The van der Waals surface area contributed by atoms with E-state index in [1.165, 1.54) is 25.7 Å². The summed E-state index contributed by atoms with van der Waals surface area (Å²) in [5, 5.41) is 0. The summed E-state index contributed by atoms with van der Waals surface area (Å²) in [5.74, 6) is 0.940. The van der Waals surface area contributed by atoms with Gasteiger partial charge in [-0.2, -0.15) is 0 Å². The second-order valence-electron chi connectivity index (χ2n) is 3.01. The maximum Gasteiger partial charge on any atom is -0.0206 e. The Kier molecular flexibility index (Phi) is 2.32. The van der Waals surface area contributed by atoms with E-state index in [1.54, 1.807) is 5.57 Å². The molecule has 9 heavy (non-hydrogen) atoms. The number of hydrogen-bond acceptors (Lipinski definition) is 0. The van der Waals surface area contributed by atoms with Crippen LogP contribution in [0.4, 0.5) is 0 Å². The molecule has 0 bridgehead atoms. The Balaban J connectivity index is 2.42. The van der Waals surface area contributed by atoms with Crippen LogP contribution >= 0.6 is 0 Å². The topological polar surface area (TPSA) is 0 Å². The number of hydrogen-bond donors (Lipinski definition) is 0. The average molecular weight is 124 g/mol. The summed E-state index contributed by atoms with van der Waals surface area (Å²) in [5.41, 5.74) is 1.60. The van der Waals surface area contributed by atoms with Crippen molar-refractivity contribution in [1.82, 2.24) is 0 Å². The zero-order valence-corrected chi connectivity index (χ0v) is 6.48. The zero-order chi connectivity index (χ0) is 6.69. The van der Waals surface area contributed by atoms with Crippen molar-refractivity contribution in [2.75, 3.05) is 0 Å². The molecule has 0 nitrogen and oxygen atoms in total. The molecule has 0 heteroatoms. The fraction of sp³-hybridized carbons (Fsp3) is 0.778. The van der Waals surface area contributed by atoms with Crippen LogP contribution in [-0.2, 0) is 0 Å².